The van der Waals surface area contributed by atoms with Gasteiger partial charge in [-0.2, -0.15) is 13.2 Å². The summed E-state index contributed by atoms with van der Waals surface area (Å²) in [6, 6.07) is 7.74. The summed E-state index contributed by atoms with van der Waals surface area (Å²) >= 11 is 0. The van der Waals surface area contributed by atoms with Crippen LogP contribution in [0.4, 0.5) is 13.2 Å². The number of alkyl halides is 3. The highest BCUT2D eigenvalue weighted by atomic mass is 32.2. The van der Waals surface area contributed by atoms with Crippen LogP contribution in [0.2, 0.25) is 0 Å². The molecule has 0 aliphatic rings. The monoisotopic (exact) mass is 415 g/mol. The number of halogens is 3. The van der Waals surface area contributed by atoms with E-state index in [4.69, 9.17) is 0 Å². The predicted molar refractivity (Wildman–Crippen MR) is 97.2 cm³/mol. The Hall–Kier alpha value is -2.46. The van der Waals surface area contributed by atoms with Crippen LogP contribution in [0, 0.1) is 6.92 Å². The van der Waals surface area contributed by atoms with Crippen molar-refractivity contribution in [3.8, 4) is 0 Å². The van der Waals surface area contributed by atoms with Gasteiger partial charge >= 0.3 is 6.18 Å². The largest absolute Gasteiger partial charge is 0.416 e. The van der Waals surface area contributed by atoms with E-state index >= 15 is 0 Å². The summed E-state index contributed by atoms with van der Waals surface area (Å²) in [6.45, 7) is 3.55. The number of carbonyl (C=O) groups excluding carboxylic acids is 1. The van der Waals surface area contributed by atoms with Gasteiger partial charge in [-0.15, -0.1) is 0 Å². The number of hydrogen-bond acceptors (Lipinski definition) is 4. The van der Waals surface area contributed by atoms with Crippen LogP contribution in [-0.4, -0.2) is 31.9 Å². The van der Waals surface area contributed by atoms with Crippen LogP contribution in [0.15, 0.2) is 47.4 Å². The molecule has 0 aliphatic carbocycles. The van der Waals surface area contributed by atoms with Gasteiger partial charge in [0.05, 0.1) is 10.5 Å². The molecule has 1 heterocycles. The Morgan fingerprint density at radius 3 is 2.36 bits per heavy atom. The zero-order chi connectivity index (χ0) is 20.9. The summed E-state index contributed by atoms with van der Waals surface area (Å²) in [6.07, 6.45) is -4.25. The molecule has 2 rings (SSSR count). The number of rotatable bonds is 7. The minimum Gasteiger partial charge on any atom is -0.351 e. The van der Waals surface area contributed by atoms with Gasteiger partial charge in [-0.1, -0.05) is 6.07 Å². The van der Waals surface area contributed by atoms with E-state index in [0.29, 0.717) is 17.8 Å². The van der Waals surface area contributed by atoms with Crippen LogP contribution in [0.25, 0.3) is 0 Å². The molecule has 2 N–H and O–H groups in total. The first kappa shape index (κ1) is 21.8. The molecule has 1 unspecified atom stereocenters. The smallest absolute Gasteiger partial charge is 0.351 e. The standard InChI is InChI=1S/C18H20F3N3O3S/c1-12-4-3-5-16(23-12)17(25)22-11-10-13(2)24-28(26,27)15-8-6-14(7-9-15)18(19,20)21/h3-9,13,24H,10-11H2,1-2H3,(H,22,25). The Morgan fingerprint density at radius 1 is 1.14 bits per heavy atom. The SMILES string of the molecule is Cc1cccc(C(=O)NCCC(C)NS(=O)(=O)c2ccc(C(F)(F)F)cc2)n1. The normalized spacial score (nSPS) is 13.2. The summed E-state index contributed by atoms with van der Waals surface area (Å²) in [4.78, 5) is 15.8. The summed E-state index contributed by atoms with van der Waals surface area (Å²) < 4.78 is 64.6. The molecule has 1 aromatic heterocycles. The molecular formula is C18H20F3N3O3S. The number of aryl methyl sites for hydroxylation is 1. The first-order chi connectivity index (χ1) is 13.0. The van der Waals surface area contributed by atoms with Gasteiger partial charge in [-0.3, -0.25) is 4.79 Å². The van der Waals surface area contributed by atoms with Crippen LogP contribution in [0.5, 0.6) is 0 Å². The van der Waals surface area contributed by atoms with E-state index in [0.717, 1.165) is 12.1 Å². The number of aromatic nitrogens is 1. The highest BCUT2D eigenvalue weighted by Gasteiger charge is 2.30. The summed E-state index contributed by atoms with van der Waals surface area (Å²) in [5, 5.41) is 2.65. The van der Waals surface area contributed by atoms with Gasteiger partial charge in [-0.05, 0) is 56.7 Å². The molecule has 0 spiro atoms. The maximum absolute atomic E-state index is 12.6. The second-order valence-electron chi connectivity index (χ2n) is 6.25. The summed E-state index contributed by atoms with van der Waals surface area (Å²) in [5.74, 6) is -0.374. The molecule has 0 fully saturated rings. The third-order valence-electron chi connectivity index (χ3n) is 3.83. The molecule has 152 valence electrons. The number of benzene rings is 1. The number of hydrogen-bond donors (Lipinski definition) is 2. The fourth-order valence-electron chi connectivity index (χ4n) is 2.38. The highest BCUT2D eigenvalue weighted by Crippen LogP contribution is 2.29. The van der Waals surface area contributed by atoms with Gasteiger partial charge in [0.1, 0.15) is 5.69 Å². The molecular weight excluding hydrogens is 395 g/mol. The summed E-state index contributed by atoms with van der Waals surface area (Å²) in [5.41, 5.74) is 0.0373. The van der Waals surface area contributed by atoms with Crippen molar-refractivity contribution in [2.24, 2.45) is 0 Å². The number of nitrogens with one attached hydrogen (secondary N) is 2. The Bertz CT molecular complexity index is 929. The third-order valence-corrected chi connectivity index (χ3v) is 5.44. The van der Waals surface area contributed by atoms with Crippen LogP contribution in [0.3, 0.4) is 0 Å². The zero-order valence-corrected chi connectivity index (χ0v) is 16.1. The van der Waals surface area contributed by atoms with Crippen molar-refractivity contribution in [1.82, 2.24) is 15.0 Å². The Balaban J connectivity index is 1.89. The Morgan fingerprint density at radius 2 is 1.79 bits per heavy atom. The number of amides is 1. The molecule has 2 aromatic rings. The molecule has 1 amide bonds. The minimum absolute atomic E-state index is 0.200. The van der Waals surface area contributed by atoms with Crippen molar-refractivity contribution in [2.45, 2.75) is 37.4 Å². The maximum Gasteiger partial charge on any atom is 0.416 e. The van der Waals surface area contributed by atoms with E-state index in [1.165, 1.54) is 0 Å². The van der Waals surface area contributed by atoms with E-state index in [2.05, 4.69) is 15.0 Å². The third kappa shape index (κ3) is 6.03. The second kappa shape index (κ2) is 8.70. The fourth-order valence-corrected chi connectivity index (χ4v) is 3.66. The van der Waals surface area contributed by atoms with Gasteiger partial charge < -0.3 is 5.32 Å². The number of carbonyl (C=O) groups is 1. The van der Waals surface area contributed by atoms with Gasteiger partial charge in [-0.25, -0.2) is 18.1 Å². The van der Waals surface area contributed by atoms with Gasteiger partial charge in [0.2, 0.25) is 10.0 Å². The lowest BCUT2D eigenvalue weighted by molar-refractivity contribution is -0.137. The van der Waals surface area contributed by atoms with Crippen molar-refractivity contribution < 1.29 is 26.4 Å². The van der Waals surface area contributed by atoms with E-state index in [1.54, 1.807) is 32.0 Å². The Kier molecular flexibility index (Phi) is 6.78. The number of pyridine rings is 1. The lowest BCUT2D eigenvalue weighted by atomic mass is 10.2. The van der Waals surface area contributed by atoms with Crippen molar-refractivity contribution in [3.63, 3.8) is 0 Å². The molecule has 10 heteroatoms. The summed E-state index contributed by atoms with van der Waals surface area (Å²) in [7, 11) is -3.97. The van der Waals surface area contributed by atoms with Crippen molar-refractivity contribution in [3.05, 3.63) is 59.4 Å². The van der Waals surface area contributed by atoms with E-state index in [-0.39, 0.29) is 29.5 Å². The van der Waals surface area contributed by atoms with Gasteiger partial charge in [0.15, 0.2) is 0 Å². The fraction of sp³-hybridized carbons (Fsp3) is 0.333. The first-order valence-electron chi connectivity index (χ1n) is 8.40. The molecule has 28 heavy (non-hydrogen) atoms. The average Bonchev–Trinajstić information content (AvgIpc) is 2.60. The average molecular weight is 415 g/mol. The molecule has 1 aromatic carbocycles. The molecule has 1 atom stereocenters. The quantitative estimate of drug-likeness (QED) is 0.728. The predicted octanol–water partition coefficient (Wildman–Crippen LogP) is 2.90. The molecule has 0 aliphatic heterocycles. The number of sulfonamides is 1. The zero-order valence-electron chi connectivity index (χ0n) is 15.2. The minimum atomic E-state index is -4.53. The van der Waals surface area contributed by atoms with Crippen LogP contribution in [0.1, 0.15) is 35.1 Å². The van der Waals surface area contributed by atoms with Gasteiger partial charge in [0, 0.05) is 18.3 Å². The molecule has 0 bridgehead atoms. The number of nitrogens with zero attached hydrogens (tertiary/aromatic N) is 1. The van der Waals surface area contributed by atoms with E-state index in [1.807, 2.05) is 0 Å². The second-order valence-corrected chi connectivity index (χ2v) is 7.97. The van der Waals surface area contributed by atoms with Crippen molar-refractivity contribution in [2.75, 3.05) is 6.54 Å². The van der Waals surface area contributed by atoms with Crippen molar-refractivity contribution in [1.29, 1.82) is 0 Å². The highest BCUT2D eigenvalue weighted by molar-refractivity contribution is 7.89. The van der Waals surface area contributed by atoms with E-state index in [9.17, 15) is 26.4 Å². The van der Waals surface area contributed by atoms with Crippen molar-refractivity contribution >= 4 is 15.9 Å². The molecule has 0 saturated carbocycles. The lowest BCUT2D eigenvalue weighted by Crippen LogP contribution is -2.36. The van der Waals surface area contributed by atoms with Crippen LogP contribution >= 0.6 is 0 Å². The Labute approximate surface area is 161 Å². The maximum atomic E-state index is 12.6. The lowest BCUT2D eigenvalue weighted by Gasteiger charge is -2.15. The van der Waals surface area contributed by atoms with Crippen LogP contribution < -0.4 is 10.0 Å². The van der Waals surface area contributed by atoms with Crippen LogP contribution in [-0.2, 0) is 16.2 Å². The topological polar surface area (TPSA) is 88.2 Å². The molecule has 6 nitrogen and oxygen atoms in total. The first-order valence-corrected chi connectivity index (χ1v) is 9.89. The van der Waals surface area contributed by atoms with E-state index < -0.39 is 27.8 Å². The van der Waals surface area contributed by atoms with Gasteiger partial charge in [0.25, 0.3) is 5.91 Å². The molecule has 0 radical (unpaired) electrons. The molecule has 0 saturated heterocycles.